The summed E-state index contributed by atoms with van der Waals surface area (Å²) in [6, 6.07) is 0.0688. The average molecular weight is 212 g/mol. The van der Waals surface area contributed by atoms with Gasteiger partial charge in [-0.3, -0.25) is 4.79 Å². The summed E-state index contributed by atoms with van der Waals surface area (Å²) < 4.78 is 0. The Labute approximate surface area is 91.2 Å². The smallest absolute Gasteiger partial charge is 0.320 e. The molecule has 15 heavy (non-hydrogen) atoms. The highest BCUT2D eigenvalue weighted by molar-refractivity contribution is 5.84. The molecule has 1 aliphatic rings. The summed E-state index contributed by atoms with van der Waals surface area (Å²) in [5.74, 6) is 0.275. The fourth-order valence-corrected chi connectivity index (χ4v) is 1.88. The molecule has 0 aromatic heterocycles. The minimum atomic E-state index is -0.00161. The number of hydrogen-bond donors (Lipinski definition) is 0. The predicted octanol–water partition coefficient (Wildman–Crippen LogP) is 1.36. The number of ketones is 1. The van der Waals surface area contributed by atoms with Gasteiger partial charge >= 0.3 is 6.03 Å². The van der Waals surface area contributed by atoms with Crippen LogP contribution in [0.3, 0.4) is 0 Å². The molecule has 4 heteroatoms. The third-order valence-electron chi connectivity index (χ3n) is 2.98. The highest BCUT2D eigenvalue weighted by Gasteiger charge is 2.28. The lowest BCUT2D eigenvalue weighted by molar-refractivity contribution is -0.124. The van der Waals surface area contributed by atoms with Gasteiger partial charge in [0.1, 0.15) is 5.78 Å². The van der Waals surface area contributed by atoms with Gasteiger partial charge in [0, 0.05) is 38.5 Å². The van der Waals surface area contributed by atoms with Crippen LogP contribution in [0, 0.1) is 5.92 Å². The number of piperidine rings is 1. The molecule has 1 aliphatic heterocycles. The minimum absolute atomic E-state index is 0.00161. The number of carbonyl (C=O) groups is 2. The standard InChI is InChI=1S/C11H20N2O2/c1-4-12(5-2)11(15)13-7-6-10(14)9(3)8-13/h9H,4-8H2,1-3H3. The van der Waals surface area contributed by atoms with E-state index in [9.17, 15) is 9.59 Å². The number of rotatable bonds is 2. The summed E-state index contributed by atoms with van der Waals surface area (Å²) in [7, 11) is 0. The number of Topliss-reactive ketones (excluding diaryl/α,β-unsaturated/α-hetero) is 1. The quantitative estimate of drug-likeness (QED) is 0.693. The molecule has 1 saturated heterocycles. The molecule has 0 aliphatic carbocycles. The molecule has 2 amide bonds. The normalized spacial score (nSPS) is 21.7. The van der Waals surface area contributed by atoms with Gasteiger partial charge in [-0.2, -0.15) is 0 Å². The van der Waals surface area contributed by atoms with Crippen molar-refractivity contribution in [2.75, 3.05) is 26.2 Å². The predicted molar refractivity (Wildman–Crippen MR) is 58.7 cm³/mol. The van der Waals surface area contributed by atoms with Crippen LogP contribution in [-0.4, -0.2) is 47.8 Å². The van der Waals surface area contributed by atoms with Crippen LogP contribution in [0.1, 0.15) is 27.2 Å². The molecule has 0 radical (unpaired) electrons. The molecule has 0 saturated carbocycles. The van der Waals surface area contributed by atoms with Crippen LogP contribution in [0.25, 0.3) is 0 Å². The van der Waals surface area contributed by atoms with Gasteiger partial charge in [-0.15, -0.1) is 0 Å². The summed E-state index contributed by atoms with van der Waals surface area (Å²) in [6.45, 7) is 8.46. The first-order valence-electron chi connectivity index (χ1n) is 5.66. The molecule has 0 spiro atoms. The van der Waals surface area contributed by atoms with Crippen molar-refractivity contribution in [2.45, 2.75) is 27.2 Å². The van der Waals surface area contributed by atoms with E-state index < -0.39 is 0 Å². The molecule has 1 atom stereocenters. The molecule has 1 heterocycles. The van der Waals surface area contributed by atoms with E-state index >= 15 is 0 Å². The third-order valence-corrected chi connectivity index (χ3v) is 2.98. The average Bonchev–Trinajstić information content (AvgIpc) is 2.23. The number of carbonyl (C=O) groups excluding carboxylic acids is 2. The Kier molecular flexibility index (Phi) is 4.12. The Balaban J connectivity index is 2.57. The van der Waals surface area contributed by atoms with E-state index in [4.69, 9.17) is 0 Å². The van der Waals surface area contributed by atoms with Crippen LogP contribution in [0.4, 0.5) is 4.79 Å². The Morgan fingerprint density at radius 1 is 1.47 bits per heavy atom. The molecule has 0 N–H and O–H groups in total. The van der Waals surface area contributed by atoms with E-state index in [0.29, 0.717) is 19.5 Å². The van der Waals surface area contributed by atoms with Gasteiger partial charge < -0.3 is 9.80 Å². The molecule has 1 fully saturated rings. The number of hydrogen-bond acceptors (Lipinski definition) is 2. The Hall–Kier alpha value is -1.06. The fraction of sp³-hybridized carbons (Fsp3) is 0.818. The minimum Gasteiger partial charge on any atom is -0.325 e. The molecule has 0 aromatic carbocycles. The van der Waals surface area contributed by atoms with Crippen molar-refractivity contribution >= 4 is 11.8 Å². The first kappa shape index (κ1) is 12.0. The van der Waals surface area contributed by atoms with Crippen molar-refractivity contribution in [1.29, 1.82) is 0 Å². The van der Waals surface area contributed by atoms with E-state index in [-0.39, 0.29) is 17.7 Å². The number of nitrogens with zero attached hydrogens (tertiary/aromatic N) is 2. The molecule has 86 valence electrons. The maximum absolute atomic E-state index is 12.0. The summed E-state index contributed by atoms with van der Waals surface area (Å²) in [4.78, 5) is 26.9. The van der Waals surface area contributed by atoms with Gasteiger partial charge in [-0.05, 0) is 13.8 Å². The summed E-state index contributed by atoms with van der Waals surface area (Å²) >= 11 is 0. The van der Waals surface area contributed by atoms with Crippen LogP contribution < -0.4 is 0 Å². The number of amides is 2. The largest absolute Gasteiger partial charge is 0.325 e. The van der Waals surface area contributed by atoms with E-state index in [2.05, 4.69) is 0 Å². The van der Waals surface area contributed by atoms with Gasteiger partial charge in [-0.1, -0.05) is 6.92 Å². The lowest BCUT2D eigenvalue weighted by atomic mass is 9.99. The van der Waals surface area contributed by atoms with Crippen molar-refractivity contribution < 1.29 is 9.59 Å². The van der Waals surface area contributed by atoms with Gasteiger partial charge in [-0.25, -0.2) is 4.79 Å². The molecular formula is C11H20N2O2. The zero-order valence-corrected chi connectivity index (χ0v) is 9.82. The SMILES string of the molecule is CCN(CC)C(=O)N1CCC(=O)C(C)C1. The van der Waals surface area contributed by atoms with Crippen molar-refractivity contribution in [1.82, 2.24) is 9.80 Å². The lowest BCUT2D eigenvalue weighted by Gasteiger charge is -2.34. The van der Waals surface area contributed by atoms with Gasteiger partial charge in [0.05, 0.1) is 0 Å². The van der Waals surface area contributed by atoms with Crippen LogP contribution >= 0.6 is 0 Å². The summed E-state index contributed by atoms with van der Waals surface area (Å²) in [5.41, 5.74) is 0. The van der Waals surface area contributed by atoms with Crippen LogP contribution in [0.15, 0.2) is 0 Å². The Bertz CT molecular complexity index is 249. The maximum Gasteiger partial charge on any atom is 0.320 e. The van der Waals surface area contributed by atoms with E-state index in [1.807, 2.05) is 20.8 Å². The molecule has 1 unspecified atom stereocenters. The number of likely N-dealkylation sites (tertiary alicyclic amines) is 1. The van der Waals surface area contributed by atoms with Crippen molar-refractivity contribution in [2.24, 2.45) is 5.92 Å². The molecule has 1 rings (SSSR count). The molecular weight excluding hydrogens is 192 g/mol. The van der Waals surface area contributed by atoms with Crippen LogP contribution in [-0.2, 0) is 4.79 Å². The maximum atomic E-state index is 12.0. The summed E-state index contributed by atoms with van der Waals surface area (Å²) in [5, 5.41) is 0. The Morgan fingerprint density at radius 3 is 2.53 bits per heavy atom. The Morgan fingerprint density at radius 2 is 2.07 bits per heavy atom. The second-order valence-corrected chi connectivity index (χ2v) is 4.02. The second-order valence-electron chi connectivity index (χ2n) is 4.02. The van der Waals surface area contributed by atoms with Crippen molar-refractivity contribution in [3.8, 4) is 0 Å². The van der Waals surface area contributed by atoms with E-state index in [1.165, 1.54) is 0 Å². The van der Waals surface area contributed by atoms with E-state index in [1.54, 1.807) is 9.80 Å². The second kappa shape index (κ2) is 5.14. The van der Waals surface area contributed by atoms with Gasteiger partial charge in [0.15, 0.2) is 0 Å². The van der Waals surface area contributed by atoms with Gasteiger partial charge in [0.25, 0.3) is 0 Å². The van der Waals surface area contributed by atoms with Gasteiger partial charge in [0.2, 0.25) is 0 Å². The third kappa shape index (κ3) is 2.70. The molecule has 4 nitrogen and oxygen atoms in total. The van der Waals surface area contributed by atoms with E-state index in [0.717, 1.165) is 13.1 Å². The number of urea groups is 1. The molecule has 0 bridgehead atoms. The van der Waals surface area contributed by atoms with Crippen molar-refractivity contribution in [3.05, 3.63) is 0 Å². The lowest BCUT2D eigenvalue weighted by Crippen LogP contribution is -2.49. The molecule has 0 aromatic rings. The zero-order chi connectivity index (χ0) is 11.4. The first-order chi connectivity index (χ1) is 7.10. The van der Waals surface area contributed by atoms with Crippen LogP contribution in [0.2, 0.25) is 0 Å². The monoisotopic (exact) mass is 212 g/mol. The fourth-order valence-electron chi connectivity index (χ4n) is 1.88. The first-order valence-corrected chi connectivity index (χ1v) is 5.66. The highest BCUT2D eigenvalue weighted by Crippen LogP contribution is 2.13. The van der Waals surface area contributed by atoms with Crippen molar-refractivity contribution in [3.63, 3.8) is 0 Å². The summed E-state index contributed by atoms with van der Waals surface area (Å²) in [6.07, 6.45) is 0.508. The zero-order valence-electron chi connectivity index (χ0n) is 9.82. The highest BCUT2D eigenvalue weighted by atomic mass is 16.2. The van der Waals surface area contributed by atoms with Crippen LogP contribution in [0.5, 0.6) is 0 Å². The topological polar surface area (TPSA) is 40.6 Å².